The lowest BCUT2D eigenvalue weighted by atomic mass is 10.2. The maximum absolute atomic E-state index is 10.6. The molecule has 0 saturated heterocycles. The highest BCUT2D eigenvalue weighted by Crippen LogP contribution is 2.23. The smallest absolute Gasteiger partial charge is 0.153 e. The van der Waals surface area contributed by atoms with Crippen LogP contribution in [0.15, 0.2) is 53.1 Å². The summed E-state index contributed by atoms with van der Waals surface area (Å²) >= 11 is 0. The average Bonchev–Trinajstić information content (AvgIpc) is 2.92. The van der Waals surface area contributed by atoms with Gasteiger partial charge in [0.1, 0.15) is 23.7 Å². The number of benzene rings is 2. The van der Waals surface area contributed by atoms with Crippen molar-refractivity contribution in [2.45, 2.75) is 6.61 Å². The molecule has 0 aliphatic rings. The molecule has 0 radical (unpaired) electrons. The van der Waals surface area contributed by atoms with Crippen LogP contribution >= 0.6 is 0 Å². The van der Waals surface area contributed by atoms with Crippen LogP contribution in [0, 0.1) is 0 Å². The monoisotopic (exact) mass is 268 g/mol. The zero-order valence-electron chi connectivity index (χ0n) is 10.6. The minimum atomic E-state index is -0.0808. The molecule has 4 heteroatoms. The Hall–Kier alpha value is -2.75. The summed E-state index contributed by atoms with van der Waals surface area (Å²) in [7, 11) is 0. The molecule has 3 aromatic rings. The van der Waals surface area contributed by atoms with Crippen LogP contribution in [0.2, 0.25) is 0 Å². The Kier molecular flexibility index (Phi) is 3.13. The van der Waals surface area contributed by atoms with Crippen molar-refractivity contribution in [1.82, 2.24) is 0 Å². The lowest BCUT2D eigenvalue weighted by molar-refractivity contribution is 0.112. The summed E-state index contributed by atoms with van der Waals surface area (Å²) in [6.07, 6.45) is 2.25. The lowest BCUT2D eigenvalue weighted by Gasteiger charge is -2.07. The molecule has 1 N–H and O–H groups in total. The average molecular weight is 268 g/mol. The highest BCUT2D eigenvalue weighted by molar-refractivity contribution is 5.79. The molecule has 2 aromatic carbocycles. The number of aromatic hydroxyl groups is 1. The first-order valence-corrected chi connectivity index (χ1v) is 6.13. The van der Waals surface area contributed by atoms with E-state index in [1.807, 2.05) is 24.3 Å². The van der Waals surface area contributed by atoms with Crippen LogP contribution in [0.3, 0.4) is 0 Å². The fourth-order valence-electron chi connectivity index (χ4n) is 1.99. The molecule has 0 fully saturated rings. The van der Waals surface area contributed by atoms with Crippen LogP contribution < -0.4 is 4.74 Å². The van der Waals surface area contributed by atoms with Gasteiger partial charge in [-0.15, -0.1) is 0 Å². The molecule has 4 nitrogen and oxygen atoms in total. The molecule has 0 aliphatic heterocycles. The third kappa shape index (κ3) is 2.36. The van der Waals surface area contributed by atoms with Gasteiger partial charge in [-0.25, -0.2) is 0 Å². The Balaban J connectivity index is 1.75. The van der Waals surface area contributed by atoms with Gasteiger partial charge in [-0.05, 0) is 35.9 Å². The van der Waals surface area contributed by atoms with E-state index in [-0.39, 0.29) is 11.3 Å². The van der Waals surface area contributed by atoms with Crippen molar-refractivity contribution in [3.8, 4) is 11.5 Å². The number of aldehydes is 1. The highest BCUT2D eigenvalue weighted by Gasteiger charge is 2.04. The molecular formula is C16H12O4. The molecule has 0 amide bonds. The SMILES string of the molecule is O=Cc1ccc(OCc2ccc3occc3c2)cc1O. The van der Waals surface area contributed by atoms with Crippen molar-refractivity contribution in [3.05, 3.63) is 59.9 Å². The molecule has 1 heterocycles. The summed E-state index contributed by atoms with van der Waals surface area (Å²) in [6.45, 7) is 0.376. The molecule has 0 spiro atoms. The fourth-order valence-corrected chi connectivity index (χ4v) is 1.99. The highest BCUT2D eigenvalue weighted by atomic mass is 16.5. The molecular weight excluding hydrogens is 256 g/mol. The van der Waals surface area contributed by atoms with E-state index in [0.29, 0.717) is 18.6 Å². The number of ether oxygens (including phenoxy) is 1. The van der Waals surface area contributed by atoms with E-state index in [2.05, 4.69) is 0 Å². The molecule has 0 saturated carbocycles. The summed E-state index contributed by atoms with van der Waals surface area (Å²) in [4.78, 5) is 10.6. The molecule has 1 aromatic heterocycles. The van der Waals surface area contributed by atoms with Crippen LogP contribution in [0.5, 0.6) is 11.5 Å². The van der Waals surface area contributed by atoms with Crippen molar-refractivity contribution < 1.29 is 19.1 Å². The van der Waals surface area contributed by atoms with E-state index in [1.165, 1.54) is 12.1 Å². The van der Waals surface area contributed by atoms with Crippen LogP contribution in [-0.2, 0) is 6.61 Å². The Morgan fingerprint density at radius 2 is 2.05 bits per heavy atom. The van der Waals surface area contributed by atoms with Gasteiger partial charge in [0.05, 0.1) is 11.8 Å². The van der Waals surface area contributed by atoms with E-state index in [4.69, 9.17) is 9.15 Å². The van der Waals surface area contributed by atoms with Gasteiger partial charge >= 0.3 is 0 Å². The third-order valence-corrected chi connectivity index (χ3v) is 3.05. The van der Waals surface area contributed by atoms with E-state index in [1.54, 1.807) is 12.3 Å². The largest absolute Gasteiger partial charge is 0.507 e. The Labute approximate surface area is 115 Å². The fraction of sp³-hybridized carbons (Fsp3) is 0.0625. The first kappa shape index (κ1) is 12.3. The Bertz CT molecular complexity index is 758. The summed E-state index contributed by atoms with van der Waals surface area (Å²) in [5.74, 6) is 0.433. The number of furan rings is 1. The zero-order chi connectivity index (χ0) is 13.9. The first-order valence-electron chi connectivity index (χ1n) is 6.13. The standard InChI is InChI=1S/C16H12O4/c17-9-13-2-3-14(8-15(13)18)20-10-11-1-4-16-12(7-11)5-6-19-16/h1-9,18H,10H2. The second kappa shape index (κ2) is 5.09. The number of hydrogen-bond donors (Lipinski definition) is 1. The predicted octanol–water partition coefficient (Wildman–Crippen LogP) is 3.53. The minimum absolute atomic E-state index is 0.0808. The van der Waals surface area contributed by atoms with Gasteiger partial charge in [0.15, 0.2) is 6.29 Å². The van der Waals surface area contributed by atoms with Crippen molar-refractivity contribution >= 4 is 17.3 Å². The van der Waals surface area contributed by atoms with E-state index >= 15 is 0 Å². The van der Waals surface area contributed by atoms with Crippen LogP contribution in [0.4, 0.5) is 0 Å². The zero-order valence-corrected chi connectivity index (χ0v) is 10.6. The van der Waals surface area contributed by atoms with Gasteiger partial charge in [0.2, 0.25) is 0 Å². The van der Waals surface area contributed by atoms with Gasteiger partial charge in [-0.3, -0.25) is 4.79 Å². The van der Waals surface area contributed by atoms with E-state index in [0.717, 1.165) is 16.5 Å². The van der Waals surface area contributed by atoms with Crippen LogP contribution in [-0.4, -0.2) is 11.4 Å². The summed E-state index contributed by atoms with van der Waals surface area (Å²) in [5, 5.41) is 10.6. The Morgan fingerprint density at radius 1 is 1.15 bits per heavy atom. The topological polar surface area (TPSA) is 59.7 Å². The summed E-state index contributed by atoms with van der Waals surface area (Å²) in [6, 6.07) is 12.3. The second-order valence-electron chi connectivity index (χ2n) is 4.42. The molecule has 20 heavy (non-hydrogen) atoms. The van der Waals surface area contributed by atoms with Crippen molar-refractivity contribution in [3.63, 3.8) is 0 Å². The number of fused-ring (bicyclic) bond motifs is 1. The molecule has 0 bridgehead atoms. The molecule has 0 unspecified atom stereocenters. The van der Waals surface area contributed by atoms with Gasteiger partial charge in [0.25, 0.3) is 0 Å². The van der Waals surface area contributed by atoms with Crippen molar-refractivity contribution in [2.24, 2.45) is 0 Å². The normalized spacial score (nSPS) is 10.6. The maximum atomic E-state index is 10.6. The van der Waals surface area contributed by atoms with E-state index in [9.17, 15) is 9.90 Å². The number of carbonyl (C=O) groups is 1. The number of hydrogen-bond acceptors (Lipinski definition) is 4. The van der Waals surface area contributed by atoms with Gasteiger partial charge in [0, 0.05) is 11.5 Å². The first-order chi connectivity index (χ1) is 9.76. The minimum Gasteiger partial charge on any atom is -0.507 e. The Morgan fingerprint density at radius 3 is 2.85 bits per heavy atom. The summed E-state index contributed by atoms with van der Waals surface area (Å²) < 4.78 is 10.9. The van der Waals surface area contributed by atoms with Gasteiger partial charge in [-0.1, -0.05) is 6.07 Å². The van der Waals surface area contributed by atoms with Gasteiger partial charge in [-0.2, -0.15) is 0 Å². The van der Waals surface area contributed by atoms with Crippen molar-refractivity contribution in [1.29, 1.82) is 0 Å². The second-order valence-corrected chi connectivity index (χ2v) is 4.42. The van der Waals surface area contributed by atoms with Crippen LogP contribution in [0.25, 0.3) is 11.0 Å². The third-order valence-electron chi connectivity index (χ3n) is 3.05. The number of carbonyl (C=O) groups excluding carboxylic acids is 1. The molecule has 3 rings (SSSR count). The molecule has 0 atom stereocenters. The number of phenolic OH excluding ortho intramolecular Hbond substituents is 1. The van der Waals surface area contributed by atoms with Crippen molar-refractivity contribution in [2.75, 3.05) is 0 Å². The van der Waals surface area contributed by atoms with Crippen LogP contribution in [0.1, 0.15) is 15.9 Å². The van der Waals surface area contributed by atoms with Gasteiger partial charge < -0.3 is 14.3 Å². The molecule has 100 valence electrons. The number of rotatable bonds is 4. The molecule has 0 aliphatic carbocycles. The lowest BCUT2D eigenvalue weighted by Crippen LogP contribution is -1.95. The van der Waals surface area contributed by atoms with E-state index < -0.39 is 0 Å². The number of phenols is 1. The predicted molar refractivity (Wildman–Crippen MR) is 74.0 cm³/mol. The summed E-state index contributed by atoms with van der Waals surface area (Å²) in [5.41, 5.74) is 2.08. The quantitative estimate of drug-likeness (QED) is 0.735. The maximum Gasteiger partial charge on any atom is 0.153 e.